The fourth-order valence-corrected chi connectivity index (χ4v) is 4.36. The Bertz CT molecular complexity index is 288. The molecule has 1 heteroatoms. The van der Waals surface area contributed by atoms with Gasteiger partial charge in [0.15, 0.2) is 0 Å². The molecule has 1 nitrogen and oxygen atoms in total. The number of hydrogen-bond acceptors (Lipinski definition) is 1. The van der Waals surface area contributed by atoms with Crippen LogP contribution in [-0.2, 0) is 4.74 Å². The lowest BCUT2D eigenvalue weighted by Gasteiger charge is -2.38. The molecule has 0 radical (unpaired) electrons. The normalized spacial score (nSPS) is 34.2. The predicted octanol–water partition coefficient (Wildman–Crippen LogP) is 6.48. The van der Waals surface area contributed by atoms with Crippen LogP contribution in [-0.4, -0.2) is 6.10 Å². The summed E-state index contributed by atoms with van der Waals surface area (Å²) in [6, 6.07) is 0. The third kappa shape index (κ3) is 5.68. The van der Waals surface area contributed by atoms with Crippen LogP contribution in [0.15, 0.2) is 12.3 Å². The highest BCUT2D eigenvalue weighted by atomic mass is 16.5. The lowest BCUT2D eigenvalue weighted by atomic mass is 9.70. The number of hydrogen-bond donors (Lipinski definition) is 0. The van der Waals surface area contributed by atoms with Gasteiger partial charge in [0, 0.05) is 0 Å². The largest absolute Gasteiger partial charge is 0.498 e. The SMILES string of the molecule is CCCCC=CO[C@@H]1CCC[C@@H]([C@H]2CC[C@H](CC)CC2)C1. The minimum absolute atomic E-state index is 0.505. The van der Waals surface area contributed by atoms with Gasteiger partial charge in [-0.05, 0) is 75.2 Å². The average molecular weight is 293 g/mol. The van der Waals surface area contributed by atoms with Crippen molar-refractivity contribution in [2.45, 2.75) is 97.0 Å². The van der Waals surface area contributed by atoms with E-state index in [4.69, 9.17) is 4.74 Å². The van der Waals surface area contributed by atoms with Gasteiger partial charge in [0.05, 0.1) is 12.4 Å². The zero-order valence-corrected chi connectivity index (χ0v) is 14.4. The molecule has 0 spiro atoms. The molecule has 2 aliphatic rings. The highest BCUT2D eigenvalue weighted by molar-refractivity contribution is 4.84. The van der Waals surface area contributed by atoms with E-state index in [1.54, 1.807) is 0 Å². The second kappa shape index (κ2) is 9.54. The summed E-state index contributed by atoms with van der Waals surface area (Å²) in [6.45, 7) is 4.61. The Hall–Kier alpha value is -0.460. The Kier molecular flexibility index (Phi) is 7.68. The molecule has 2 aliphatic carbocycles. The van der Waals surface area contributed by atoms with E-state index in [-0.39, 0.29) is 0 Å². The van der Waals surface area contributed by atoms with Crippen molar-refractivity contribution in [3.05, 3.63) is 12.3 Å². The van der Waals surface area contributed by atoms with Gasteiger partial charge in [-0.25, -0.2) is 0 Å². The third-order valence-corrected chi connectivity index (χ3v) is 5.89. The maximum absolute atomic E-state index is 6.01. The second-order valence-corrected chi connectivity index (χ2v) is 7.39. The molecule has 0 aliphatic heterocycles. The molecule has 0 heterocycles. The van der Waals surface area contributed by atoms with E-state index in [0.29, 0.717) is 6.10 Å². The highest BCUT2D eigenvalue weighted by Gasteiger charge is 2.31. The first-order valence-electron chi connectivity index (χ1n) is 9.63. The summed E-state index contributed by atoms with van der Waals surface area (Å²) < 4.78 is 6.01. The molecule has 0 unspecified atom stereocenters. The Morgan fingerprint density at radius 3 is 2.48 bits per heavy atom. The molecule has 2 rings (SSSR count). The van der Waals surface area contributed by atoms with Crippen LogP contribution in [0.4, 0.5) is 0 Å². The third-order valence-electron chi connectivity index (χ3n) is 5.89. The molecule has 2 saturated carbocycles. The molecule has 0 aromatic heterocycles. The first-order valence-corrected chi connectivity index (χ1v) is 9.63. The highest BCUT2D eigenvalue weighted by Crippen LogP contribution is 2.41. The molecule has 0 N–H and O–H groups in total. The van der Waals surface area contributed by atoms with Crippen LogP contribution in [0.1, 0.15) is 90.9 Å². The van der Waals surface area contributed by atoms with E-state index in [1.165, 1.54) is 77.0 Å². The van der Waals surface area contributed by atoms with Crippen LogP contribution >= 0.6 is 0 Å². The Balaban J connectivity index is 1.69. The molecule has 0 bridgehead atoms. The topological polar surface area (TPSA) is 9.23 Å². The van der Waals surface area contributed by atoms with E-state index in [9.17, 15) is 0 Å². The molecule has 2 atom stereocenters. The number of allylic oxidation sites excluding steroid dienone is 1. The van der Waals surface area contributed by atoms with Gasteiger partial charge in [-0.2, -0.15) is 0 Å². The first-order chi connectivity index (χ1) is 10.3. The van der Waals surface area contributed by atoms with Gasteiger partial charge in [-0.3, -0.25) is 0 Å². The van der Waals surface area contributed by atoms with Crippen molar-refractivity contribution >= 4 is 0 Å². The van der Waals surface area contributed by atoms with Crippen LogP contribution in [0.25, 0.3) is 0 Å². The van der Waals surface area contributed by atoms with E-state index in [2.05, 4.69) is 19.9 Å². The summed E-state index contributed by atoms with van der Waals surface area (Å²) in [4.78, 5) is 0. The smallest absolute Gasteiger partial charge is 0.0981 e. The minimum atomic E-state index is 0.505. The van der Waals surface area contributed by atoms with Crippen molar-refractivity contribution in [1.82, 2.24) is 0 Å². The molecular weight excluding hydrogens is 256 g/mol. The fraction of sp³-hybridized carbons (Fsp3) is 0.900. The predicted molar refractivity (Wildman–Crippen MR) is 91.2 cm³/mol. The molecule has 0 amide bonds. The first kappa shape index (κ1) is 16.9. The summed E-state index contributed by atoms with van der Waals surface area (Å²) in [7, 11) is 0. The van der Waals surface area contributed by atoms with E-state index in [1.807, 2.05) is 6.26 Å². The van der Waals surface area contributed by atoms with E-state index >= 15 is 0 Å². The second-order valence-electron chi connectivity index (χ2n) is 7.39. The van der Waals surface area contributed by atoms with Gasteiger partial charge in [0.2, 0.25) is 0 Å². The molecule has 2 fully saturated rings. The van der Waals surface area contributed by atoms with Crippen molar-refractivity contribution in [3.63, 3.8) is 0 Å². The monoisotopic (exact) mass is 292 g/mol. The van der Waals surface area contributed by atoms with Crippen molar-refractivity contribution in [1.29, 1.82) is 0 Å². The standard InChI is InChI=1S/C20H36O/c1-3-5-6-7-15-21-20-10-8-9-19(16-20)18-13-11-17(4-2)12-14-18/h7,15,17-20H,3-6,8-14,16H2,1-2H3/t17-,18-,19-,20-/m1/s1. The minimum Gasteiger partial charge on any atom is -0.498 e. The van der Waals surface area contributed by atoms with Crippen LogP contribution in [0.3, 0.4) is 0 Å². The van der Waals surface area contributed by atoms with Crippen LogP contribution < -0.4 is 0 Å². The van der Waals surface area contributed by atoms with Crippen molar-refractivity contribution < 1.29 is 4.74 Å². The zero-order valence-electron chi connectivity index (χ0n) is 14.4. The van der Waals surface area contributed by atoms with E-state index in [0.717, 1.165) is 17.8 Å². The van der Waals surface area contributed by atoms with Gasteiger partial charge < -0.3 is 4.74 Å². The fourth-order valence-electron chi connectivity index (χ4n) is 4.36. The number of unbranched alkanes of at least 4 members (excludes halogenated alkanes) is 2. The molecular formula is C20H36O. The Labute approximate surface area is 132 Å². The maximum Gasteiger partial charge on any atom is 0.0981 e. The van der Waals surface area contributed by atoms with Crippen molar-refractivity contribution in [2.24, 2.45) is 17.8 Å². The van der Waals surface area contributed by atoms with Crippen LogP contribution in [0, 0.1) is 17.8 Å². The molecule has 0 aromatic rings. The molecule has 21 heavy (non-hydrogen) atoms. The number of rotatable bonds is 7. The maximum atomic E-state index is 6.01. The zero-order chi connectivity index (χ0) is 14.9. The average Bonchev–Trinajstić information content (AvgIpc) is 2.55. The number of ether oxygens (including phenoxy) is 1. The van der Waals surface area contributed by atoms with Gasteiger partial charge in [0.25, 0.3) is 0 Å². The van der Waals surface area contributed by atoms with Gasteiger partial charge >= 0.3 is 0 Å². The summed E-state index contributed by atoms with van der Waals surface area (Å²) >= 11 is 0. The quantitative estimate of drug-likeness (QED) is 0.385. The van der Waals surface area contributed by atoms with Crippen molar-refractivity contribution in [2.75, 3.05) is 0 Å². The summed E-state index contributed by atoms with van der Waals surface area (Å²) in [5, 5.41) is 0. The molecule has 122 valence electrons. The summed E-state index contributed by atoms with van der Waals surface area (Å²) in [5.41, 5.74) is 0. The summed E-state index contributed by atoms with van der Waals surface area (Å²) in [6.07, 6.45) is 21.2. The van der Waals surface area contributed by atoms with E-state index < -0.39 is 0 Å². The summed E-state index contributed by atoms with van der Waals surface area (Å²) in [5.74, 6) is 2.98. The van der Waals surface area contributed by atoms with Gasteiger partial charge in [0.1, 0.15) is 0 Å². The van der Waals surface area contributed by atoms with Crippen LogP contribution in [0.5, 0.6) is 0 Å². The lowest BCUT2D eigenvalue weighted by Crippen LogP contribution is -2.29. The van der Waals surface area contributed by atoms with Gasteiger partial charge in [-0.1, -0.05) is 39.5 Å². The molecule has 0 aromatic carbocycles. The lowest BCUT2D eigenvalue weighted by molar-refractivity contribution is 0.0513. The van der Waals surface area contributed by atoms with Crippen molar-refractivity contribution in [3.8, 4) is 0 Å². The Morgan fingerprint density at radius 2 is 1.76 bits per heavy atom. The van der Waals surface area contributed by atoms with Gasteiger partial charge in [-0.15, -0.1) is 0 Å². The molecule has 0 saturated heterocycles. The Morgan fingerprint density at radius 1 is 0.952 bits per heavy atom. The van der Waals surface area contributed by atoms with Crippen LogP contribution in [0.2, 0.25) is 0 Å².